The zero-order chi connectivity index (χ0) is 16.5. The molecule has 5 heteroatoms. The molecule has 2 N–H and O–H groups in total. The number of aliphatic carboxylic acids is 1. The molecule has 1 atom stereocenters. The van der Waals surface area contributed by atoms with E-state index in [-0.39, 0.29) is 0 Å². The molecule has 0 fully saturated rings. The Bertz CT molecular complexity index is 360. The summed E-state index contributed by atoms with van der Waals surface area (Å²) in [6, 6.07) is 0. The maximum atomic E-state index is 11.7. The first-order chi connectivity index (χ1) is 9.60. The number of carboxylic acid groups (broad SMARTS) is 1. The average Bonchev–Trinajstić information content (AvgIpc) is 2.30. The van der Waals surface area contributed by atoms with Crippen LogP contribution in [0, 0.1) is 0 Å². The number of alkyl carbamates (subject to hydrolysis) is 1. The number of carbonyl (C=O) groups is 2. The van der Waals surface area contributed by atoms with Crippen molar-refractivity contribution >= 4 is 12.1 Å². The van der Waals surface area contributed by atoms with Gasteiger partial charge in [0.05, 0.1) is 0 Å². The fourth-order valence-electron chi connectivity index (χ4n) is 1.87. The molecule has 0 aliphatic rings. The van der Waals surface area contributed by atoms with Gasteiger partial charge in [0, 0.05) is 0 Å². The maximum Gasteiger partial charge on any atom is 0.408 e. The highest BCUT2D eigenvalue weighted by Crippen LogP contribution is 2.18. The molecular weight excluding hydrogens is 270 g/mol. The quantitative estimate of drug-likeness (QED) is 0.500. The predicted molar refractivity (Wildman–Crippen MR) is 83.3 cm³/mol. The van der Waals surface area contributed by atoms with Crippen LogP contribution in [-0.4, -0.2) is 28.3 Å². The van der Waals surface area contributed by atoms with Gasteiger partial charge < -0.3 is 15.2 Å². The minimum atomic E-state index is -1.29. The summed E-state index contributed by atoms with van der Waals surface area (Å²) in [6.45, 7) is 10.4. The van der Waals surface area contributed by atoms with Crippen molar-refractivity contribution in [2.45, 2.75) is 77.4 Å². The number of amides is 1. The third-order valence-corrected chi connectivity index (χ3v) is 3.08. The Labute approximate surface area is 127 Å². The minimum Gasteiger partial charge on any atom is -0.480 e. The number of allylic oxidation sites excluding steroid dienone is 1. The van der Waals surface area contributed by atoms with Crippen LogP contribution >= 0.6 is 0 Å². The third-order valence-electron chi connectivity index (χ3n) is 3.08. The van der Waals surface area contributed by atoms with Crippen LogP contribution in [0.2, 0.25) is 0 Å². The van der Waals surface area contributed by atoms with Gasteiger partial charge in [0.25, 0.3) is 0 Å². The second kappa shape index (κ2) is 8.70. The highest BCUT2D eigenvalue weighted by molar-refractivity contribution is 5.83. The second-order valence-corrected chi connectivity index (χ2v) is 6.51. The Morgan fingerprint density at radius 3 is 2.19 bits per heavy atom. The van der Waals surface area contributed by atoms with E-state index in [1.165, 1.54) is 6.92 Å². The number of unbranched alkanes of at least 4 members (excludes halogenated alkanes) is 4. The molecule has 0 rings (SSSR count). The lowest BCUT2D eigenvalue weighted by Crippen LogP contribution is -2.53. The molecule has 122 valence electrons. The molecule has 0 aromatic carbocycles. The molecule has 5 nitrogen and oxygen atoms in total. The minimum absolute atomic E-state index is 0.385. The van der Waals surface area contributed by atoms with Gasteiger partial charge in [-0.2, -0.15) is 0 Å². The van der Waals surface area contributed by atoms with Gasteiger partial charge in [-0.1, -0.05) is 25.3 Å². The van der Waals surface area contributed by atoms with E-state index in [0.29, 0.717) is 6.42 Å². The zero-order valence-corrected chi connectivity index (χ0v) is 13.7. The number of hydrogen-bond donors (Lipinski definition) is 2. The van der Waals surface area contributed by atoms with E-state index in [0.717, 1.165) is 32.1 Å². The van der Waals surface area contributed by atoms with Crippen LogP contribution in [0.3, 0.4) is 0 Å². The fraction of sp³-hybridized carbons (Fsp3) is 0.750. The van der Waals surface area contributed by atoms with Crippen LogP contribution in [0.4, 0.5) is 4.79 Å². The molecule has 0 spiro atoms. The molecule has 0 bridgehead atoms. The van der Waals surface area contributed by atoms with Gasteiger partial charge >= 0.3 is 12.1 Å². The second-order valence-electron chi connectivity index (χ2n) is 6.51. The van der Waals surface area contributed by atoms with E-state index in [4.69, 9.17) is 4.74 Å². The summed E-state index contributed by atoms with van der Waals surface area (Å²) in [5.41, 5.74) is -1.94. The molecule has 0 unspecified atom stereocenters. The van der Waals surface area contributed by atoms with Gasteiger partial charge in [0.2, 0.25) is 0 Å². The summed E-state index contributed by atoms with van der Waals surface area (Å²) in [5, 5.41) is 11.8. The molecule has 0 aromatic rings. The molecule has 0 saturated carbocycles. The van der Waals surface area contributed by atoms with Crippen molar-refractivity contribution in [3.05, 3.63) is 12.7 Å². The molecule has 0 aromatic heterocycles. The van der Waals surface area contributed by atoms with E-state index in [1.807, 2.05) is 6.08 Å². The predicted octanol–water partition coefficient (Wildman–Crippen LogP) is 3.88. The fourth-order valence-corrected chi connectivity index (χ4v) is 1.87. The highest BCUT2D eigenvalue weighted by atomic mass is 16.6. The SMILES string of the molecule is C=CCCCCCC[C@@](C)(NC(=O)OC(C)(C)C)C(=O)O. The van der Waals surface area contributed by atoms with Crippen LogP contribution in [0.5, 0.6) is 0 Å². The van der Waals surface area contributed by atoms with Crippen LogP contribution in [0.25, 0.3) is 0 Å². The van der Waals surface area contributed by atoms with Crippen molar-refractivity contribution in [3.8, 4) is 0 Å². The van der Waals surface area contributed by atoms with E-state index in [1.54, 1.807) is 20.8 Å². The molecule has 0 saturated heterocycles. The van der Waals surface area contributed by atoms with Crippen LogP contribution in [0.1, 0.15) is 66.2 Å². The lowest BCUT2D eigenvalue weighted by Gasteiger charge is -2.28. The summed E-state index contributed by atoms with van der Waals surface area (Å²) in [4.78, 5) is 23.2. The van der Waals surface area contributed by atoms with Crippen molar-refractivity contribution in [1.29, 1.82) is 0 Å². The average molecular weight is 299 g/mol. The van der Waals surface area contributed by atoms with Gasteiger partial charge in [-0.3, -0.25) is 0 Å². The van der Waals surface area contributed by atoms with Crippen LogP contribution in [0.15, 0.2) is 12.7 Å². The largest absolute Gasteiger partial charge is 0.480 e. The normalized spacial score (nSPS) is 14.1. The van der Waals surface area contributed by atoms with Gasteiger partial charge in [-0.25, -0.2) is 9.59 Å². The molecule has 0 heterocycles. The van der Waals surface area contributed by atoms with Gasteiger partial charge in [-0.15, -0.1) is 6.58 Å². The van der Waals surface area contributed by atoms with Gasteiger partial charge in [0.15, 0.2) is 0 Å². The van der Waals surface area contributed by atoms with Gasteiger partial charge in [-0.05, 0) is 47.0 Å². The molecule has 21 heavy (non-hydrogen) atoms. The number of carboxylic acids is 1. The van der Waals surface area contributed by atoms with E-state index in [2.05, 4.69) is 11.9 Å². The summed E-state index contributed by atoms with van der Waals surface area (Å²) < 4.78 is 5.12. The zero-order valence-electron chi connectivity index (χ0n) is 13.7. The van der Waals surface area contributed by atoms with Gasteiger partial charge in [0.1, 0.15) is 11.1 Å². The van der Waals surface area contributed by atoms with Crippen LogP contribution in [-0.2, 0) is 9.53 Å². The standard InChI is InChI=1S/C16H29NO4/c1-6-7-8-9-10-11-12-16(5,13(18)19)17-14(20)21-15(2,3)4/h6H,1,7-12H2,2-5H3,(H,17,20)(H,18,19)/t16-/m1/s1. The Balaban J connectivity index is 4.33. The van der Waals surface area contributed by atoms with Crippen molar-refractivity contribution in [2.75, 3.05) is 0 Å². The van der Waals surface area contributed by atoms with Crippen molar-refractivity contribution in [1.82, 2.24) is 5.32 Å². The monoisotopic (exact) mass is 299 g/mol. The Morgan fingerprint density at radius 1 is 1.14 bits per heavy atom. The van der Waals surface area contributed by atoms with Crippen molar-refractivity contribution in [2.24, 2.45) is 0 Å². The molecular formula is C16H29NO4. The van der Waals surface area contributed by atoms with E-state index >= 15 is 0 Å². The number of carbonyl (C=O) groups excluding carboxylic acids is 1. The first kappa shape index (κ1) is 19.5. The van der Waals surface area contributed by atoms with Crippen molar-refractivity contribution in [3.63, 3.8) is 0 Å². The van der Waals surface area contributed by atoms with Crippen LogP contribution < -0.4 is 5.32 Å². The Hall–Kier alpha value is -1.52. The number of hydrogen-bond acceptors (Lipinski definition) is 3. The van der Waals surface area contributed by atoms with E-state index in [9.17, 15) is 14.7 Å². The summed E-state index contributed by atoms with van der Waals surface area (Å²) in [5.74, 6) is -1.04. The maximum absolute atomic E-state index is 11.7. The molecule has 0 aliphatic heterocycles. The molecule has 0 radical (unpaired) electrons. The number of rotatable bonds is 9. The summed E-state index contributed by atoms with van der Waals surface area (Å²) in [6.07, 6.45) is 6.33. The lowest BCUT2D eigenvalue weighted by atomic mass is 9.94. The Morgan fingerprint density at radius 2 is 1.71 bits per heavy atom. The number of ether oxygens (including phenoxy) is 1. The van der Waals surface area contributed by atoms with E-state index < -0.39 is 23.2 Å². The highest BCUT2D eigenvalue weighted by Gasteiger charge is 2.35. The molecule has 1 amide bonds. The summed E-state index contributed by atoms with van der Waals surface area (Å²) in [7, 11) is 0. The van der Waals surface area contributed by atoms with Crippen molar-refractivity contribution < 1.29 is 19.4 Å². The topological polar surface area (TPSA) is 75.6 Å². The first-order valence-corrected chi connectivity index (χ1v) is 7.46. The summed E-state index contributed by atoms with van der Waals surface area (Å²) >= 11 is 0. The smallest absolute Gasteiger partial charge is 0.408 e. The number of nitrogens with one attached hydrogen (secondary N) is 1. The Kier molecular flexibility index (Phi) is 8.07. The molecule has 0 aliphatic carbocycles. The lowest BCUT2D eigenvalue weighted by molar-refractivity contribution is -0.144. The third kappa shape index (κ3) is 9.10. The first-order valence-electron chi connectivity index (χ1n) is 7.46.